The molecule has 0 amide bonds. The second kappa shape index (κ2) is 26.1. The van der Waals surface area contributed by atoms with Gasteiger partial charge < -0.3 is 14.2 Å². The van der Waals surface area contributed by atoms with Gasteiger partial charge in [0.05, 0.1) is 5.92 Å². The standard InChI is InChI=1S/C35H66O6/c1-7-13-16-19-20-23-26-29-34(38)41-35(12-6,40-33(37)28-25-22-18-15-9-3)30(10-4)31(11-5)39-32(36)27-24-21-17-14-8-2/h30-31H,7-29H2,1-6H3. The van der Waals surface area contributed by atoms with E-state index in [4.69, 9.17) is 14.2 Å². The topological polar surface area (TPSA) is 78.9 Å². The van der Waals surface area contributed by atoms with Crippen LogP contribution >= 0.6 is 0 Å². The Morgan fingerprint density at radius 3 is 1.20 bits per heavy atom. The van der Waals surface area contributed by atoms with E-state index in [2.05, 4.69) is 20.8 Å². The number of rotatable bonds is 28. The maximum atomic E-state index is 13.1. The van der Waals surface area contributed by atoms with E-state index in [0.29, 0.717) is 38.5 Å². The highest BCUT2D eigenvalue weighted by Crippen LogP contribution is 2.37. The molecule has 0 rings (SSSR count). The predicted octanol–water partition coefficient (Wildman–Crippen LogP) is 10.4. The highest BCUT2D eigenvalue weighted by atomic mass is 16.7. The third-order valence-corrected chi connectivity index (χ3v) is 8.16. The largest absolute Gasteiger partial charge is 0.462 e. The molecule has 41 heavy (non-hydrogen) atoms. The first-order valence-electron chi connectivity index (χ1n) is 17.5. The van der Waals surface area contributed by atoms with Gasteiger partial charge >= 0.3 is 17.9 Å². The molecule has 0 N–H and O–H groups in total. The fraction of sp³-hybridized carbons (Fsp3) is 0.914. The van der Waals surface area contributed by atoms with Gasteiger partial charge in [-0.15, -0.1) is 0 Å². The molecule has 242 valence electrons. The molecule has 0 spiro atoms. The molecule has 0 bridgehead atoms. The van der Waals surface area contributed by atoms with Crippen molar-refractivity contribution in [2.24, 2.45) is 5.92 Å². The van der Waals surface area contributed by atoms with Crippen LogP contribution in [0.4, 0.5) is 0 Å². The molecule has 0 aliphatic heterocycles. The van der Waals surface area contributed by atoms with E-state index in [9.17, 15) is 14.4 Å². The molecule has 6 heteroatoms. The summed E-state index contributed by atoms with van der Waals surface area (Å²) in [5, 5.41) is 0. The second-order valence-electron chi connectivity index (χ2n) is 11.8. The normalized spacial score (nSPS) is 14.2. The van der Waals surface area contributed by atoms with Crippen molar-refractivity contribution in [1.29, 1.82) is 0 Å². The Labute approximate surface area is 253 Å². The zero-order valence-electron chi connectivity index (χ0n) is 27.9. The average molecular weight is 583 g/mol. The van der Waals surface area contributed by atoms with Crippen LogP contribution in [0.5, 0.6) is 0 Å². The van der Waals surface area contributed by atoms with Crippen LogP contribution in [0.25, 0.3) is 0 Å². The first-order valence-corrected chi connectivity index (χ1v) is 17.5. The molecule has 3 atom stereocenters. The number of carbonyl (C=O) groups excluding carboxylic acids is 3. The lowest BCUT2D eigenvalue weighted by Gasteiger charge is -2.41. The summed E-state index contributed by atoms with van der Waals surface area (Å²) in [5.41, 5.74) is 0. The molecule has 0 aliphatic rings. The molecule has 6 nitrogen and oxygen atoms in total. The summed E-state index contributed by atoms with van der Waals surface area (Å²) in [6.45, 7) is 12.4. The molecule has 0 saturated heterocycles. The van der Waals surface area contributed by atoms with Crippen molar-refractivity contribution in [1.82, 2.24) is 0 Å². The van der Waals surface area contributed by atoms with Gasteiger partial charge in [0.15, 0.2) is 0 Å². The van der Waals surface area contributed by atoms with Gasteiger partial charge in [0.1, 0.15) is 6.10 Å². The van der Waals surface area contributed by atoms with Gasteiger partial charge in [-0.05, 0) is 32.1 Å². The van der Waals surface area contributed by atoms with E-state index >= 15 is 0 Å². The molecule has 0 radical (unpaired) electrons. The highest BCUT2D eigenvalue weighted by Gasteiger charge is 2.48. The van der Waals surface area contributed by atoms with Crippen LogP contribution in [0.15, 0.2) is 0 Å². The summed E-state index contributed by atoms with van der Waals surface area (Å²) >= 11 is 0. The van der Waals surface area contributed by atoms with E-state index in [1.807, 2.05) is 20.8 Å². The lowest BCUT2D eigenvalue weighted by molar-refractivity contribution is -0.262. The third-order valence-electron chi connectivity index (χ3n) is 8.16. The van der Waals surface area contributed by atoms with Gasteiger partial charge in [-0.25, -0.2) is 0 Å². The molecule has 0 aromatic rings. The number of carbonyl (C=O) groups is 3. The zero-order valence-corrected chi connectivity index (χ0v) is 27.9. The van der Waals surface area contributed by atoms with Crippen LogP contribution in [0, 0.1) is 5.92 Å². The maximum absolute atomic E-state index is 13.1. The summed E-state index contributed by atoms with van der Waals surface area (Å²) in [7, 11) is 0. The molecule has 3 unspecified atom stereocenters. The van der Waals surface area contributed by atoms with Crippen molar-refractivity contribution < 1.29 is 28.6 Å². The Bertz CT molecular complexity index is 663. The van der Waals surface area contributed by atoms with Crippen molar-refractivity contribution >= 4 is 17.9 Å². The van der Waals surface area contributed by atoms with Crippen molar-refractivity contribution in [3.05, 3.63) is 0 Å². The number of hydrogen-bond donors (Lipinski definition) is 0. The van der Waals surface area contributed by atoms with Crippen LogP contribution in [0.2, 0.25) is 0 Å². The summed E-state index contributed by atoms with van der Waals surface area (Å²) in [6.07, 6.45) is 20.1. The minimum Gasteiger partial charge on any atom is -0.462 e. The molecule has 0 aliphatic carbocycles. The highest BCUT2D eigenvalue weighted by molar-refractivity contribution is 5.72. The first kappa shape index (κ1) is 39.4. The van der Waals surface area contributed by atoms with Crippen molar-refractivity contribution in [3.63, 3.8) is 0 Å². The van der Waals surface area contributed by atoms with Crippen molar-refractivity contribution in [2.75, 3.05) is 0 Å². The molecule has 0 aromatic carbocycles. The maximum Gasteiger partial charge on any atom is 0.309 e. The second-order valence-corrected chi connectivity index (χ2v) is 11.8. The number of ether oxygens (including phenoxy) is 3. The van der Waals surface area contributed by atoms with E-state index in [-0.39, 0.29) is 17.9 Å². The van der Waals surface area contributed by atoms with Gasteiger partial charge in [0.2, 0.25) is 0 Å². The summed E-state index contributed by atoms with van der Waals surface area (Å²) in [5.74, 6) is -2.78. The molecule has 0 fully saturated rings. The van der Waals surface area contributed by atoms with Crippen molar-refractivity contribution in [3.8, 4) is 0 Å². The van der Waals surface area contributed by atoms with Crippen LogP contribution in [-0.4, -0.2) is 29.8 Å². The number of hydrogen-bond acceptors (Lipinski definition) is 6. The van der Waals surface area contributed by atoms with E-state index in [1.165, 1.54) is 32.1 Å². The minimum absolute atomic E-state index is 0.228. The van der Waals surface area contributed by atoms with Gasteiger partial charge in [-0.3, -0.25) is 14.4 Å². The van der Waals surface area contributed by atoms with E-state index in [0.717, 1.165) is 77.0 Å². The molecule has 0 saturated carbocycles. The zero-order chi connectivity index (χ0) is 30.8. The number of unbranched alkanes of at least 4 members (excludes halogenated alkanes) is 14. The average Bonchev–Trinajstić information content (AvgIpc) is 2.96. The fourth-order valence-electron chi connectivity index (χ4n) is 5.57. The first-order chi connectivity index (χ1) is 19.8. The lowest BCUT2D eigenvalue weighted by Crippen LogP contribution is -2.51. The Balaban J connectivity index is 5.49. The summed E-state index contributed by atoms with van der Waals surface area (Å²) in [4.78, 5) is 39.0. The summed E-state index contributed by atoms with van der Waals surface area (Å²) in [6, 6.07) is 0. The quantitative estimate of drug-likeness (QED) is 0.0518. The predicted molar refractivity (Wildman–Crippen MR) is 169 cm³/mol. The molecule has 0 aromatic heterocycles. The SMILES string of the molecule is CCCCCCCCCC(=O)OC(CC)(OC(=O)CCCCCCC)C(CC)C(CC)OC(=O)CCCCCCC. The molecular weight excluding hydrogens is 516 g/mol. The van der Waals surface area contributed by atoms with Gasteiger partial charge in [-0.1, -0.05) is 131 Å². The molecule has 0 heterocycles. The van der Waals surface area contributed by atoms with Crippen LogP contribution < -0.4 is 0 Å². The molecular formula is C35H66O6. The van der Waals surface area contributed by atoms with Crippen LogP contribution in [0.1, 0.15) is 189 Å². The Morgan fingerprint density at radius 1 is 0.488 bits per heavy atom. The lowest BCUT2D eigenvalue weighted by atomic mass is 9.86. The third kappa shape index (κ3) is 18.5. The minimum atomic E-state index is -1.43. The fourth-order valence-corrected chi connectivity index (χ4v) is 5.57. The van der Waals surface area contributed by atoms with E-state index < -0.39 is 17.8 Å². The summed E-state index contributed by atoms with van der Waals surface area (Å²) < 4.78 is 18.2. The number of esters is 3. The Hall–Kier alpha value is -1.59. The Kier molecular flexibility index (Phi) is 25.1. The Morgan fingerprint density at radius 2 is 0.854 bits per heavy atom. The van der Waals surface area contributed by atoms with Crippen molar-refractivity contribution in [2.45, 2.75) is 201 Å². The van der Waals surface area contributed by atoms with Gasteiger partial charge in [0, 0.05) is 25.7 Å². The van der Waals surface area contributed by atoms with E-state index in [1.54, 1.807) is 0 Å². The monoisotopic (exact) mass is 582 g/mol. The van der Waals surface area contributed by atoms with Gasteiger partial charge in [-0.2, -0.15) is 0 Å². The van der Waals surface area contributed by atoms with Crippen LogP contribution in [0.3, 0.4) is 0 Å². The van der Waals surface area contributed by atoms with Gasteiger partial charge in [0.25, 0.3) is 5.79 Å². The smallest absolute Gasteiger partial charge is 0.309 e. The van der Waals surface area contributed by atoms with Crippen LogP contribution in [-0.2, 0) is 28.6 Å².